The van der Waals surface area contributed by atoms with Crippen molar-refractivity contribution in [1.29, 1.82) is 0 Å². The van der Waals surface area contributed by atoms with Crippen LogP contribution in [0, 0.1) is 0 Å². The third kappa shape index (κ3) is 5.33. The third-order valence-corrected chi connectivity index (χ3v) is 3.71. The molecule has 0 saturated carbocycles. The van der Waals surface area contributed by atoms with Crippen molar-refractivity contribution in [2.45, 2.75) is 6.18 Å². The Hall–Kier alpha value is -3.35. The van der Waals surface area contributed by atoms with Gasteiger partial charge in [0, 0.05) is 5.56 Å². The summed E-state index contributed by atoms with van der Waals surface area (Å²) in [6, 6.07) is 12.2. The smallest absolute Gasteiger partial charge is 0.416 e. The molecule has 7 heteroatoms. The average Bonchev–Trinajstić information content (AvgIpc) is 2.69. The number of nitrogens with zero attached hydrogens (tertiary/aromatic N) is 1. The van der Waals surface area contributed by atoms with Gasteiger partial charge in [-0.25, -0.2) is 4.79 Å². The topological polar surface area (TPSA) is 47.9 Å². The number of methoxy groups -OCH3 is 1. The van der Waals surface area contributed by atoms with Gasteiger partial charge in [0.1, 0.15) is 7.11 Å². The zero-order valence-corrected chi connectivity index (χ0v) is 15.2. The minimum atomic E-state index is -4.43. The van der Waals surface area contributed by atoms with E-state index in [0.29, 0.717) is 11.1 Å². The molecule has 0 radical (unpaired) electrons. The Bertz CT molecular complexity index is 915. The molecule has 0 bridgehead atoms. The Morgan fingerprint density at radius 1 is 0.929 bits per heavy atom. The van der Waals surface area contributed by atoms with Crippen LogP contribution in [0.5, 0.6) is 0 Å². The first-order chi connectivity index (χ1) is 13.4. The van der Waals surface area contributed by atoms with Crippen molar-refractivity contribution in [3.8, 4) is 0 Å². The largest absolute Gasteiger partial charge is 0.464 e. The molecule has 0 aliphatic carbocycles. The predicted octanol–water partition coefficient (Wildman–Crippen LogP) is 4.96. The maximum Gasteiger partial charge on any atom is 0.416 e. The van der Waals surface area contributed by atoms with Gasteiger partial charge in [-0.15, -0.1) is 0 Å². The van der Waals surface area contributed by atoms with Crippen molar-refractivity contribution in [2.75, 3.05) is 14.2 Å². The molecule has 2 aromatic rings. The lowest BCUT2D eigenvalue weighted by Crippen LogP contribution is -2.18. The van der Waals surface area contributed by atoms with Gasteiger partial charge >= 0.3 is 12.1 Å². The molecule has 146 valence electrons. The molecule has 0 heterocycles. The fourth-order valence-electron chi connectivity index (χ4n) is 2.46. The van der Waals surface area contributed by atoms with E-state index in [1.807, 2.05) is 0 Å². The summed E-state index contributed by atoms with van der Waals surface area (Å²) in [7, 11) is 2.54. The van der Waals surface area contributed by atoms with E-state index in [2.05, 4.69) is 5.16 Å². The molecule has 0 atom stereocenters. The van der Waals surface area contributed by atoms with Crippen LogP contribution in [0.15, 0.2) is 65.8 Å². The maximum atomic E-state index is 13.0. The van der Waals surface area contributed by atoms with Gasteiger partial charge < -0.3 is 9.57 Å². The van der Waals surface area contributed by atoms with Gasteiger partial charge in [0.05, 0.1) is 12.7 Å². The molecule has 0 amide bonds. The summed E-state index contributed by atoms with van der Waals surface area (Å²) in [5, 5.41) is 3.71. The van der Waals surface area contributed by atoms with E-state index in [9.17, 15) is 18.0 Å². The van der Waals surface area contributed by atoms with Crippen LogP contribution in [0.1, 0.15) is 22.3 Å². The number of halogens is 3. The molecule has 0 aromatic heterocycles. The van der Waals surface area contributed by atoms with Gasteiger partial charge in [-0.3, -0.25) is 0 Å². The first-order valence-corrected chi connectivity index (χ1v) is 8.18. The normalized spacial score (nSPS) is 12.5. The Kier molecular flexibility index (Phi) is 7.14. The highest BCUT2D eigenvalue weighted by Gasteiger charge is 2.32. The fourth-order valence-corrected chi connectivity index (χ4v) is 2.46. The molecule has 2 rings (SSSR count). The summed E-state index contributed by atoms with van der Waals surface area (Å²) >= 11 is 0. The monoisotopic (exact) mass is 389 g/mol. The lowest BCUT2D eigenvalue weighted by molar-refractivity contribution is -0.137. The van der Waals surface area contributed by atoms with Crippen molar-refractivity contribution in [3.05, 3.63) is 82.9 Å². The highest BCUT2D eigenvalue weighted by molar-refractivity contribution is 6.43. The summed E-state index contributed by atoms with van der Waals surface area (Å²) < 4.78 is 43.8. The number of benzene rings is 2. The van der Waals surface area contributed by atoms with Crippen molar-refractivity contribution < 1.29 is 27.5 Å². The minimum absolute atomic E-state index is 0.0170. The highest BCUT2D eigenvalue weighted by Crippen LogP contribution is 2.32. The van der Waals surface area contributed by atoms with E-state index < -0.39 is 17.7 Å². The minimum Gasteiger partial charge on any atom is -0.464 e. The number of hydrogen-bond donors (Lipinski definition) is 0. The van der Waals surface area contributed by atoms with Gasteiger partial charge in [0.15, 0.2) is 5.71 Å². The number of esters is 1. The Labute approximate surface area is 160 Å². The van der Waals surface area contributed by atoms with Gasteiger partial charge in [-0.1, -0.05) is 71.9 Å². The number of carbonyl (C=O) groups is 1. The van der Waals surface area contributed by atoms with E-state index in [0.717, 1.165) is 6.07 Å². The van der Waals surface area contributed by atoms with Crippen LogP contribution >= 0.6 is 0 Å². The summed E-state index contributed by atoms with van der Waals surface area (Å²) in [6.07, 6.45) is 1.66. The molecular formula is C21H18F3NO3. The third-order valence-electron chi connectivity index (χ3n) is 3.71. The van der Waals surface area contributed by atoms with Crippen LogP contribution in [0.3, 0.4) is 0 Å². The van der Waals surface area contributed by atoms with Gasteiger partial charge in [0.2, 0.25) is 0 Å². The molecule has 0 saturated heterocycles. The van der Waals surface area contributed by atoms with E-state index in [1.165, 1.54) is 44.6 Å². The Morgan fingerprint density at radius 2 is 1.50 bits per heavy atom. The Morgan fingerprint density at radius 3 is 2.11 bits per heavy atom. The van der Waals surface area contributed by atoms with Gasteiger partial charge in [-0.05, 0) is 17.2 Å². The first-order valence-electron chi connectivity index (χ1n) is 8.18. The standard InChI is InChI=1S/C21H18F3NO3/c1-27-20(26)19(25-28-2)17-13-7-5-10-15(17)9-3-4-11-16-12-6-8-14-18(16)21(22,23)24/h3-14H,1-2H3/b9-3+,11-4+,25-19+. The highest BCUT2D eigenvalue weighted by atomic mass is 19.4. The zero-order valence-electron chi connectivity index (χ0n) is 15.2. The van der Waals surface area contributed by atoms with E-state index in [-0.39, 0.29) is 11.3 Å². The van der Waals surface area contributed by atoms with Crippen LogP contribution in [-0.4, -0.2) is 25.9 Å². The number of rotatable bonds is 6. The van der Waals surface area contributed by atoms with Crippen molar-refractivity contribution in [3.63, 3.8) is 0 Å². The van der Waals surface area contributed by atoms with Crippen LogP contribution in [0.25, 0.3) is 12.2 Å². The maximum absolute atomic E-state index is 13.0. The number of alkyl halides is 3. The van der Waals surface area contributed by atoms with E-state index in [1.54, 1.807) is 36.4 Å². The van der Waals surface area contributed by atoms with Crippen LogP contribution < -0.4 is 0 Å². The Balaban J connectivity index is 2.31. The predicted molar refractivity (Wildman–Crippen MR) is 102 cm³/mol. The first kappa shape index (κ1) is 21.0. The molecule has 0 aliphatic rings. The SMILES string of the molecule is CO/N=C(/C(=O)OC)c1ccccc1/C=C/C=C/c1ccccc1C(F)(F)F. The fraction of sp³-hybridized carbons (Fsp3) is 0.143. The lowest BCUT2D eigenvalue weighted by Gasteiger charge is -2.09. The second-order valence-corrected chi connectivity index (χ2v) is 5.50. The van der Waals surface area contributed by atoms with Crippen LogP contribution in [0.4, 0.5) is 13.2 Å². The lowest BCUT2D eigenvalue weighted by atomic mass is 10.0. The number of hydrogen-bond acceptors (Lipinski definition) is 4. The summed E-state index contributed by atoms with van der Waals surface area (Å²) in [4.78, 5) is 16.6. The number of ether oxygens (including phenoxy) is 1. The average molecular weight is 389 g/mol. The molecule has 4 nitrogen and oxygen atoms in total. The zero-order chi connectivity index (χ0) is 20.6. The second kappa shape index (κ2) is 9.55. The second-order valence-electron chi connectivity index (χ2n) is 5.50. The summed E-state index contributed by atoms with van der Waals surface area (Å²) in [5.74, 6) is -0.669. The molecule has 0 N–H and O–H groups in total. The number of carbonyl (C=O) groups excluding carboxylic acids is 1. The van der Waals surface area contributed by atoms with Crippen LogP contribution in [0.2, 0.25) is 0 Å². The summed E-state index contributed by atoms with van der Waals surface area (Å²) in [5.41, 5.74) is 0.426. The molecule has 0 unspecified atom stereocenters. The van der Waals surface area contributed by atoms with Crippen LogP contribution in [-0.2, 0) is 20.5 Å². The molecule has 2 aromatic carbocycles. The van der Waals surface area contributed by atoms with Gasteiger partial charge in [0.25, 0.3) is 0 Å². The molecule has 0 spiro atoms. The summed E-state index contributed by atoms with van der Waals surface area (Å²) in [6.45, 7) is 0. The number of allylic oxidation sites excluding steroid dienone is 2. The quantitative estimate of drug-likeness (QED) is 0.304. The molecule has 0 aliphatic heterocycles. The van der Waals surface area contributed by atoms with E-state index in [4.69, 9.17) is 9.57 Å². The van der Waals surface area contributed by atoms with Gasteiger partial charge in [-0.2, -0.15) is 13.2 Å². The van der Waals surface area contributed by atoms with E-state index >= 15 is 0 Å². The molecule has 0 fully saturated rings. The molecule has 28 heavy (non-hydrogen) atoms. The molecular weight excluding hydrogens is 371 g/mol. The number of oxime groups is 1. The van der Waals surface area contributed by atoms with Crippen molar-refractivity contribution in [2.24, 2.45) is 5.16 Å². The van der Waals surface area contributed by atoms with Crippen molar-refractivity contribution >= 4 is 23.8 Å². The van der Waals surface area contributed by atoms with Crippen molar-refractivity contribution in [1.82, 2.24) is 0 Å².